The maximum absolute atomic E-state index is 13.0. The fourth-order valence-corrected chi connectivity index (χ4v) is 6.25. The van der Waals surface area contributed by atoms with E-state index in [1.54, 1.807) is 12.1 Å². The molecule has 0 spiro atoms. The first-order valence-corrected chi connectivity index (χ1v) is 14.2. The number of nitro benzene ring substituents is 1. The summed E-state index contributed by atoms with van der Waals surface area (Å²) in [6, 6.07) is 14.4. The van der Waals surface area contributed by atoms with Crippen LogP contribution in [0.5, 0.6) is 11.5 Å². The molecule has 10 nitrogen and oxygen atoms in total. The van der Waals surface area contributed by atoms with Gasteiger partial charge in [0.1, 0.15) is 4.90 Å². The Labute approximate surface area is 240 Å². The second-order valence-corrected chi connectivity index (χ2v) is 11.8. The Morgan fingerprint density at radius 3 is 2.47 bits per heavy atom. The number of hydrogen-bond acceptors (Lipinski definition) is 9. The molecular weight excluding hydrogens is 671 g/mol. The van der Waals surface area contributed by atoms with Crippen molar-refractivity contribution >= 4 is 79.0 Å². The number of carbonyl (C=O) groups is 2. The van der Waals surface area contributed by atoms with Crippen LogP contribution in [-0.4, -0.2) is 36.5 Å². The number of amides is 2. The van der Waals surface area contributed by atoms with Gasteiger partial charge in [-0.25, -0.2) is 0 Å². The molecule has 3 aromatic carbocycles. The van der Waals surface area contributed by atoms with Gasteiger partial charge >= 0.3 is 10.1 Å². The first-order valence-electron chi connectivity index (χ1n) is 10.6. The quantitative estimate of drug-likeness (QED) is 0.0939. The maximum atomic E-state index is 13.0. The Kier molecular flexibility index (Phi) is 8.30. The molecule has 2 amide bonds. The number of nitro groups is 1. The molecular formula is C24H16ClIN2O8S2. The largest absolute Gasteiger partial charge is 0.493 e. The van der Waals surface area contributed by atoms with Crippen LogP contribution in [0.15, 0.2) is 70.5 Å². The van der Waals surface area contributed by atoms with Gasteiger partial charge in [-0.05, 0) is 82.4 Å². The molecule has 0 bridgehead atoms. The van der Waals surface area contributed by atoms with E-state index in [0.717, 1.165) is 4.90 Å². The van der Waals surface area contributed by atoms with E-state index in [9.17, 15) is 28.1 Å². The van der Waals surface area contributed by atoms with Gasteiger partial charge in [-0.3, -0.25) is 24.6 Å². The summed E-state index contributed by atoms with van der Waals surface area (Å²) in [7, 11) is -2.87. The van der Waals surface area contributed by atoms with Crippen LogP contribution in [0.1, 0.15) is 11.1 Å². The second-order valence-electron chi connectivity index (χ2n) is 7.68. The number of benzene rings is 3. The zero-order chi connectivity index (χ0) is 27.6. The van der Waals surface area contributed by atoms with Crippen LogP contribution in [0.25, 0.3) is 6.08 Å². The van der Waals surface area contributed by atoms with Gasteiger partial charge in [-0.2, -0.15) is 8.42 Å². The van der Waals surface area contributed by atoms with Gasteiger partial charge in [0, 0.05) is 16.7 Å². The van der Waals surface area contributed by atoms with Crippen LogP contribution in [-0.2, 0) is 21.5 Å². The lowest BCUT2D eigenvalue weighted by Crippen LogP contribution is -2.27. The number of para-hydroxylation sites is 1. The average molecular weight is 687 g/mol. The van der Waals surface area contributed by atoms with Gasteiger partial charge in [0.05, 0.1) is 27.1 Å². The molecule has 0 radical (unpaired) electrons. The smallest absolute Gasteiger partial charge is 0.339 e. The highest BCUT2D eigenvalue weighted by atomic mass is 127. The molecule has 0 unspecified atom stereocenters. The van der Waals surface area contributed by atoms with E-state index in [-0.39, 0.29) is 39.1 Å². The Morgan fingerprint density at radius 1 is 1.13 bits per heavy atom. The van der Waals surface area contributed by atoms with Gasteiger partial charge in [0.2, 0.25) is 0 Å². The highest BCUT2D eigenvalue weighted by molar-refractivity contribution is 14.1. The minimum Gasteiger partial charge on any atom is -0.493 e. The van der Waals surface area contributed by atoms with E-state index >= 15 is 0 Å². The van der Waals surface area contributed by atoms with Crippen LogP contribution in [0, 0.1) is 13.7 Å². The normalized spacial score (nSPS) is 14.7. The van der Waals surface area contributed by atoms with E-state index < -0.39 is 26.2 Å². The zero-order valence-corrected chi connectivity index (χ0v) is 23.8. The Hall–Kier alpha value is -3.14. The molecule has 14 heteroatoms. The van der Waals surface area contributed by atoms with Crippen LogP contribution in [0.3, 0.4) is 0 Å². The number of rotatable bonds is 8. The summed E-state index contributed by atoms with van der Waals surface area (Å²) in [5, 5.41) is 11.1. The lowest BCUT2D eigenvalue weighted by molar-refractivity contribution is -0.385. The van der Waals surface area contributed by atoms with Crippen molar-refractivity contribution in [3.63, 3.8) is 0 Å². The zero-order valence-electron chi connectivity index (χ0n) is 19.3. The molecule has 1 aliphatic rings. The van der Waals surface area contributed by atoms with Crippen LogP contribution < -0.4 is 8.92 Å². The number of hydrogen-bond donors (Lipinski definition) is 0. The summed E-state index contributed by atoms with van der Waals surface area (Å²) in [6.45, 7) is -0.255. The summed E-state index contributed by atoms with van der Waals surface area (Å²) in [5.41, 5.74) is 0.471. The molecule has 1 saturated heterocycles. The van der Waals surface area contributed by atoms with Gasteiger partial charge < -0.3 is 8.92 Å². The van der Waals surface area contributed by atoms with E-state index in [1.807, 2.05) is 22.6 Å². The van der Waals surface area contributed by atoms with Crippen molar-refractivity contribution in [2.45, 2.75) is 11.4 Å². The first-order chi connectivity index (χ1) is 18.0. The molecule has 3 aromatic rings. The minimum absolute atomic E-state index is 0.0512. The van der Waals surface area contributed by atoms with Crippen LogP contribution in [0.2, 0.25) is 5.02 Å². The fourth-order valence-electron chi connectivity index (χ4n) is 3.44. The number of nitrogens with zero attached hydrogens (tertiary/aromatic N) is 2. The predicted octanol–water partition coefficient (Wildman–Crippen LogP) is 5.87. The van der Waals surface area contributed by atoms with Gasteiger partial charge in [-0.1, -0.05) is 29.8 Å². The lowest BCUT2D eigenvalue weighted by Gasteiger charge is -2.14. The van der Waals surface area contributed by atoms with E-state index in [0.29, 0.717) is 25.9 Å². The van der Waals surface area contributed by atoms with Gasteiger partial charge in [0.15, 0.2) is 11.5 Å². The summed E-state index contributed by atoms with van der Waals surface area (Å²) in [4.78, 5) is 37.2. The van der Waals surface area contributed by atoms with Gasteiger partial charge in [-0.15, -0.1) is 0 Å². The molecule has 196 valence electrons. The molecule has 0 saturated carbocycles. The number of methoxy groups -OCH3 is 1. The molecule has 0 aromatic heterocycles. The minimum atomic E-state index is -4.20. The lowest BCUT2D eigenvalue weighted by atomic mass is 10.1. The Morgan fingerprint density at radius 2 is 1.82 bits per heavy atom. The van der Waals surface area contributed by atoms with Crippen molar-refractivity contribution in [2.24, 2.45) is 0 Å². The maximum Gasteiger partial charge on any atom is 0.339 e. The van der Waals surface area contributed by atoms with Crippen molar-refractivity contribution < 1.29 is 31.9 Å². The third-order valence-corrected chi connectivity index (χ3v) is 8.43. The van der Waals surface area contributed by atoms with Crippen LogP contribution in [0.4, 0.5) is 10.5 Å². The van der Waals surface area contributed by atoms with Crippen molar-refractivity contribution in [3.05, 3.63) is 95.4 Å². The molecule has 38 heavy (non-hydrogen) atoms. The molecule has 0 atom stereocenters. The van der Waals surface area contributed by atoms with E-state index in [2.05, 4.69) is 0 Å². The monoisotopic (exact) mass is 686 g/mol. The standard InChI is InChI=1S/C24H16ClIN2O8S2/c1-35-20-11-14(10-18(26)22(20)36-38(33,34)17-8-6-16(25)7-9-17)12-21-23(29)27(24(30)37-21)13-15-4-2-3-5-19(15)28(31)32/h2-12H,13H2,1H3/b21-12-. The van der Waals surface area contributed by atoms with Gasteiger partial charge in [0.25, 0.3) is 16.8 Å². The summed E-state index contributed by atoms with van der Waals surface area (Å²) < 4.78 is 36.6. The Bertz CT molecular complexity index is 1590. The molecule has 1 aliphatic heterocycles. The van der Waals surface area contributed by atoms with Crippen molar-refractivity contribution in [2.75, 3.05) is 7.11 Å². The topological polar surface area (TPSA) is 133 Å². The predicted molar refractivity (Wildman–Crippen MR) is 150 cm³/mol. The third kappa shape index (κ3) is 5.95. The average Bonchev–Trinajstić information content (AvgIpc) is 3.13. The number of halogens is 2. The summed E-state index contributed by atoms with van der Waals surface area (Å²) in [5.74, 6) is -0.581. The summed E-state index contributed by atoms with van der Waals surface area (Å²) >= 11 is 8.39. The first kappa shape index (κ1) is 27.9. The van der Waals surface area contributed by atoms with Crippen LogP contribution >= 0.6 is 46.0 Å². The van der Waals surface area contributed by atoms with Crippen molar-refractivity contribution in [1.29, 1.82) is 0 Å². The molecule has 4 rings (SSSR count). The van der Waals surface area contributed by atoms with Crippen molar-refractivity contribution in [3.8, 4) is 11.5 Å². The molecule has 1 heterocycles. The highest BCUT2D eigenvalue weighted by Gasteiger charge is 2.36. The van der Waals surface area contributed by atoms with E-state index in [1.165, 1.54) is 61.7 Å². The van der Waals surface area contributed by atoms with Crippen molar-refractivity contribution in [1.82, 2.24) is 4.90 Å². The summed E-state index contributed by atoms with van der Waals surface area (Å²) in [6.07, 6.45) is 1.45. The Balaban J connectivity index is 1.61. The SMILES string of the molecule is COc1cc(/C=C2\SC(=O)N(Cc3ccccc3[N+](=O)[O-])C2=O)cc(I)c1OS(=O)(=O)c1ccc(Cl)cc1. The number of thioether (sulfide) groups is 1. The molecule has 0 aliphatic carbocycles. The third-order valence-electron chi connectivity index (χ3n) is 5.24. The molecule has 0 N–H and O–H groups in total. The number of imide groups is 1. The molecule has 1 fully saturated rings. The fraction of sp³-hybridized carbons (Fsp3) is 0.0833. The van der Waals surface area contributed by atoms with E-state index in [4.69, 9.17) is 20.5 Å². The second kappa shape index (κ2) is 11.3. The highest BCUT2D eigenvalue weighted by Crippen LogP contribution is 2.39. The number of carbonyl (C=O) groups excluding carboxylic acids is 2. The number of ether oxygens (including phenoxy) is 1.